The third-order valence-corrected chi connectivity index (χ3v) is 3.24. The number of rotatable bonds is 4. The van der Waals surface area contributed by atoms with Crippen LogP contribution in [0.4, 0.5) is 0 Å². The Kier molecular flexibility index (Phi) is 2.97. The molecule has 0 saturated heterocycles. The lowest BCUT2D eigenvalue weighted by Crippen LogP contribution is -2.19. The molecule has 0 radical (unpaired) electrons. The quantitative estimate of drug-likeness (QED) is 0.800. The van der Waals surface area contributed by atoms with E-state index in [2.05, 4.69) is 29.6 Å². The number of hydrogen-bond donors (Lipinski definition) is 2. The fraction of sp³-hybridized carbons (Fsp3) is 0.462. The molecule has 0 atom stereocenters. The molecule has 0 aromatic heterocycles. The summed E-state index contributed by atoms with van der Waals surface area (Å²) in [6.07, 6.45) is 3.51. The van der Waals surface area contributed by atoms with Crippen LogP contribution in [0.1, 0.15) is 30.4 Å². The van der Waals surface area contributed by atoms with Gasteiger partial charge in [0.25, 0.3) is 0 Å². The zero-order valence-corrected chi connectivity index (χ0v) is 9.62. The van der Waals surface area contributed by atoms with Gasteiger partial charge in [0.05, 0.1) is 0 Å². The van der Waals surface area contributed by atoms with Crippen LogP contribution in [-0.2, 0) is 16.8 Å². The van der Waals surface area contributed by atoms with E-state index < -0.39 is 0 Å². The van der Waals surface area contributed by atoms with E-state index in [9.17, 15) is 4.79 Å². The Morgan fingerprint density at radius 2 is 2.00 bits per heavy atom. The van der Waals surface area contributed by atoms with E-state index in [0.717, 1.165) is 19.3 Å². The Bertz CT molecular complexity index is 379. The summed E-state index contributed by atoms with van der Waals surface area (Å²) in [5, 5.41) is 2.62. The van der Waals surface area contributed by atoms with Crippen molar-refractivity contribution in [1.29, 1.82) is 0 Å². The van der Waals surface area contributed by atoms with Gasteiger partial charge in [0.2, 0.25) is 5.91 Å². The molecule has 1 aliphatic rings. The average Bonchev–Trinajstić information content (AvgIpc) is 3.06. The molecule has 3 nitrogen and oxygen atoms in total. The minimum Gasteiger partial charge on any atom is -0.359 e. The summed E-state index contributed by atoms with van der Waals surface area (Å²) in [5.41, 5.74) is 8.45. The van der Waals surface area contributed by atoms with Crippen molar-refractivity contribution in [1.82, 2.24) is 5.32 Å². The maximum atomic E-state index is 11.1. The number of benzene rings is 1. The van der Waals surface area contributed by atoms with Gasteiger partial charge in [-0.1, -0.05) is 24.3 Å². The van der Waals surface area contributed by atoms with E-state index >= 15 is 0 Å². The summed E-state index contributed by atoms with van der Waals surface area (Å²) in [6.45, 7) is 0. The first-order chi connectivity index (χ1) is 7.64. The minimum absolute atomic E-state index is 0.0562. The molecule has 3 heteroatoms. The number of amides is 1. The van der Waals surface area contributed by atoms with Crippen molar-refractivity contribution in [3.05, 3.63) is 35.4 Å². The smallest absolute Gasteiger partial charge is 0.220 e. The van der Waals surface area contributed by atoms with Gasteiger partial charge in [0.1, 0.15) is 0 Å². The van der Waals surface area contributed by atoms with Gasteiger partial charge in [-0.3, -0.25) is 4.79 Å². The molecule has 1 aromatic rings. The second-order valence-corrected chi connectivity index (χ2v) is 4.53. The van der Waals surface area contributed by atoms with Crippen molar-refractivity contribution in [2.75, 3.05) is 7.05 Å². The molecule has 0 aliphatic heterocycles. The van der Waals surface area contributed by atoms with E-state index in [-0.39, 0.29) is 11.4 Å². The highest BCUT2D eigenvalue weighted by molar-refractivity contribution is 5.75. The molecule has 1 aliphatic carbocycles. The Balaban J connectivity index is 1.94. The van der Waals surface area contributed by atoms with Crippen LogP contribution in [0.25, 0.3) is 0 Å². The number of nitrogens with one attached hydrogen (secondary N) is 1. The molecule has 1 fully saturated rings. The normalized spacial score (nSPS) is 16.9. The SMILES string of the molecule is CNC(=O)CCc1ccc(C2(N)CC2)cc1. The lowest BCUT2D eigenvalue weighted by atomic mass is 10.0. The minimum atomic E-state index is -0.0562. The maximum absolute atomic E-state index is 11.1. The Labute approximate surface area is 96.0 Å². The fourth-order valence-electron chi connectivity index (χ4n) is 1.81. The molecule has 0 heterocycles. The molecule has 16 heavy (non-hydrogen) atoms. The van der Waals surface area contributed by atoms with Crippen molar-refractivity contribution in [3.8, 4) is 0 Å². The van der Waals surface area contributed by atoms with E-state index in [0.29, 0.717) is 6.42 Å². The molecule has 0 unspecified atom stereocenters. The summed E-state index contributed by atoms with van der Waals surface area (Å²) < 4.78 is 0. The van der Waals surface area contributed by atoms with Crippen LogP contribution in [0.15, 0.2) is 24.3 Å². The van der Waals surface area contributed by atoms with Gasteiger partial charge in [-0.05, 0) is 30.4 Å². The van der Waals surface area contributed by atoms with Gasteiger partial charge in [0, 0.05) is 19.0 Å². The number of aryl methyl sites for hydroxylation is 1. The van der Waals surface area contributed by atoms with Gasteiger partial charge >= 0.3 is 0 Å². The van der Waals surface area contributed by atoms with E-state index in [1.165, 1.54) is 11.1 Å². The van der Waals surface area contributed by atoms with Gasteiger partial charge in [0.15, 0.2) is 0 Å². The Morgan fingerprint density at radius 1 is 1.38 bits per heavy atom. The largest absolute Gasteiger partial charge is 0.359 e. The first-order valence-electron chi connectivity index (χ1n) is 5.73. The molecular weight excluding hydrogens is 200 g/mol. The number of nitrogens with two attached hydrogens (primary N) is 1. The Hall–Kier alpha value is -1.35. The molecule has 1 saturated carbocycles. The standard InChI is InChI=1S/C13H18N2O/c1-15-12(16)7-4-10-2-5-11(6-3-10)13(14)8-9-13/h2-3,5-6H,4,7-9,14H2,1H3,(H,15,16). The molecule has 2 rings (SSSR count). The van der Waals surface area contributed by atoms with Crippen molar-refractivity contribution >= 4 is 5.91 Å². The highest BCUT2D eigenvalue weighted by Crippen LogP contribution is 2.42. The Morgan fingerprint density at radius 3 is 2.50 bits per heavy atom. The molecule has 1 aromatic carbocycles. The predicted molar refractivity (Wildman–Crippen MR) is 63.9 cm³/mol. The maximum Gasteiger partial charge on any atom is 0.220 e. The molecular formula is C13H18N2O. The summed E-state index contributed by atoms with van der Waals surface area (Å²) in [4.78, 5) is 11.1. The van der Waals surface area contributed by atoms with Gasteiger partial charge in [-0.25, -0.2) is 0 Å². The second-order valence-electron chi connectivity index (χ2n) is 4.53. The van der Waals surface area contributed by atoms with Gasteiger partial charge in [-0.2, -0.15) is 0 Å². The second kappa shape index (κ2) is 4.26. The summed E-state index contributed by atoms with van der Waals surface area (Å²) >= 11 is 0. The zero-order chi connectivity index (χ0) is 11.6. The number of carbonyl (C=O) groups excluding carboxylic acids is 1. The van der Waals surface area contributed by atoms with Crippen molar-refractivity contribution in [2.45, 2.75) is 31.2 Å². The van der Waals surface area contributed by atoms with Crippen LogP contribution in [0, 0.1) is 0 Å². The van der Waals surface area contributed by atoms with E-state index in [1.54, 1.807) is 7.05 Å². The van der Waals surface area contributed by atoms with Crippen LogP contribution in [0.2, 0.25) is 0 Å². The van der Waals surface area contributed by atoms with Crippen LogP contribution in [-0.4, -0.2) is 13.0 Å². The third-order valence-electron chi connectivity index (χ3n) is 3.24. The van der Waals surface area contributed by atoms with E-state index in [4.69, 9.17) is 5.73 Å². The van der Waals surface area contributed by atoms with Crippen LogP contribution in [0.5, 0.6) is 0 Å². The molecule has 0 spiro atoms. The lowest BCUT2D eigenvalue weighted by Gasteiger charge is -2.09. The number of hydrogen-bond acceptors (Lipinski definition) is 2. The molecule has 1 amide bonds. The van der Waals surface area contributed by atoms with E-state index in [1.807, 2.05) is 0 Å². The zero-order valence-electron chi connectivity index (χ0n) is 9.62. The summed E-state index contributed by atoms with van der Waals surface area (Å²) in [5.74, 6) is 0.0848. The topological polar surface area (TPSA) is 55.1 Å². The highest BCUT2D eigenvalue weighted by atomic mass is 16.1. The monoisotopic (exact) mass is 218 g/mol. The van der Waals surface area contributed by atoms with Crippen LogP contribution < -0.4 is 11.1 Å². The molecule has 86 valence electrons. The summed E-state index contributed by atoms with van der Waals surface area (Å²) in [6, 6.07) is 8.33. The third kappa shape index (κ3) is 2.42. The van der Waals surface area contributed by atoms with Crippen LogP contribution in [0.3, 0.4) is 0 Å². The lowest BCUT2D eigenvalue weighted by molar-refractivity contribution is -0.120. The summed E-state index contributed by atoms with van der Waals surface area (Å²) in [7, 11) is 1.66. The molecule has 3 N–H and O–H groups in total. The average molecular weight is 218 g/mol. The van der Waals surface area contributed by atoms with Crippen molar-refractivity contribution in [3.63, 3.8) is 0 Å². The number of carbonyl (C=O) groups is 1. The first-order valence-corrected chi connectivity index (χ1v) is 5.73. The fourth-order valence-corrected chi connectivity index (χ4v) is 1.81. The van der Waals surface area contributed by atoms with Gasteiger partial charge < -0.3 is 11.1 Å². The first kappa shape index (κ1) is 11.1. The van der Waals surface area contributed by atoms with Crippen LogP contribution >= 0.6 is 0 Å². The van der Waals surface area contributed by atoms with Crippen molar-refractivity contribution in [2.24, 2.45) is 5.73 Å². The molecule has 0 bridgehead atoms. The van der Waals surface area contributed by atoms with Gasteiger partial charge in [-0.15, -0.1) is 0 Å². The highest BCUT2D eigenvalue weighted by Gasteiger charge is 2.39. The predicted octanol–water partition coefficient (Wildman–Crippen LogP) is 1.31. The van der Waals surface area contributed by atoms with Crippen molar-refractivity contribution < 1.29 is 4.79 Å².